The van der Waals surface area contributed by atoms with Gasteiger partial charge in [-0.3, -0.25) is 14.6 Å². The Morgan fingerprint density at radius 1 is 1.34 bits per heavy atom. The van der Waals surface area contributed by atoms with E-state index in [1.54, 1.807) is 12.1 Å². The SMILES string of the molecule is COc1cncc(C(=O)NCC2CC3(CCC3)CN2C(=O)c2cc(O)c3ccoc3c2)n1. The lowest BCUT2D eigenvalue weighted by Gasteiger charge is -2.37. The summed E-state index contributed by atoms with van der Waals surface area (Å²) in [5.74, 6) is -0.272. The zero-order chi connectivity index (χ0) is 22.3. The zero-order valence-corrected chi connectivity index (χ0v) is 17.7. The maximum Gasteiger partial charge on any atom is 0.271 e. The molecular weight excluding hydrogens is 412 g/mol. The van der Waals surface area contributed by atoms with E-state index < -0.39 is 0 Å². The summed E-state index contributed by atoms with van der Waals surface area (Å²) in [6.45, 7) is 0.947. The predicted molar refractivity (Wildman–Crippen MR) is 115 cm³/mol. The van der Waals surface area contributed by atoms with Crippen LogP contribution in [0.5, 0.6) is 11.6 Å². The highest BCUT2D eigenvalue weighted by atomic mass is 16.5. The Labute approximate surface area is 184 Å². The number of ether oxygens (including phenoxy) is 1. The van der Waals surface area contributed by atoms with Crippen LogP contribution >= 0.6 is 0 Å². The van der Waals surface area contributed by atoms with Gasteiger partial charge in [-0.15, -0.1) is 0 Å². The van der Waals surface area contributed by atoms with Crippen LogP contribution in [0.1, 0.15) is 46.5 Å². The molecule has 32 heavy (non-hydrogen) atoms. The Morgan fingerprint density at radius 3 is 2.94 bits per heavy atom. The van der Waals surface area contributed by atoms with Crippen LogP contribution in [0, 0.1) is 5.41 Å². The third-order valence-corrected chi connectivity index (χ3v) is 6.64. The number of carbonyl (C=O) groups excluding carboxylic acids is 2. The molecule has 166 valence electrons. The Bertz CT molecular complexity index is 1190. The number of nitrogens with one attached hydrogen (secondary N) is 1. The highest BCUT2D eigenvalue weighted by Gasteiger charge is 2.49. The lowest BCUT2D eigenvalue weighted by Crippen LogP contribution is -2.43. The van der Waals surface area contributed by atoms with Crippen molar-refractivity contribution < 1.29 is 23.8 Å². The fourth-order valence-corrected chi connectivity index (χ4v) is 4.82. The van der Waals surface area contributed by atoms with E-state index in [4.69, 9.17) is 9.15 Å². The Balaban J connectivity index is 1.35. The van der Waals surface area contributed by atoms with Crippen molar-refractivity contribution in [3.63, 3.8) is 0 Å². The molecule has 1 saturated carbocycles. The average molecular weight is 436 g/mol. The van der Waals surface area contributed by atoms with Gasteiger partial charge in [-0.25, -0.2) is 4.98 Å². The molecule has 1 atom stereocenters. The van der Waals surface area contributed by atoms with E-state index in [0.29, 0.717) is 29.6 Å². The van der Waals surface area contributed by atoms with Crippen molar-refractivity contribution in [1.29, 1.82) is 0 Å². The highest BCUT2D eigenvalue weighted by Crippen LogP contribution is 2.50. The van der Waals surface area contributed by atoms with Gasteiger partial charge in [-0.2, -0.15) is 0 Å². The highest BCUT2D eigenvalue weighted by molar-refractivity contribution is 6.00. The van der Waals surface area contributed by atoms with Crippen molar-refractivity contribution in [3.8, 4) is 11.6 Å². The first-order valence-electron chi connectivity index (χ1n) is 10.6. The molecule has 1 saturated heterocycles. The van der Waals surface area contributed by atoms with E-state index in [2.05, 4.69) is 15.3 Å². The molecule has 2 fully saturated rings. The van der Waals surface area contributed by atoms with Crippen molar-refractivity contribution in [2.24, 2.45) is 5.41 Å². The molecule has 1 spiro atoms. The number of aromatic hydroxyl groups is 1. The summed E-state index contributed by atoms with van der Waals surface area (Å²) < 4.78 is 10.4. The minimum Gasteiger partial charge on any atom is -0.507 e. The number of phenolic OH excluding ortho intramolecular Hbond substituents is 1. The number of hydrogen-bond acceptors (Lipinski definition) is 7. The van der Waals surface area contributed by atoms with Crippen LogP contribution in [0.25, 0.3) is 11.0 Å². The first-order valence-corrected chi connectivity index (χ1v) is 10.6. The number of aromatic nitrogens is 2. The summed E-state index contributed by atoms with van der Waals surface area (Å²) in [5.41, 5.74) is 1.10. The summed E-state index contributed by atoms with van der Waals surface area (Å²) in [6, 6.07) is 4.65. The number of likely N-dealkylation sites (tertiary alicyclic amines) is 1. The topological polar surface area (TPSA) is 118 Å². The van der Waals surface area contributed by atoms with Crippen molar-refractivity contribution in [3.05, 3.63) is 48.1 Å². The molecule has 2 N–H and O–H groups in total. The van der Waals surface area contributed by atoms with Crippen LogP contribution in [-0.4, -0.2) is 58.0 Å². The van der Waals surface area contributed by atoms with E-state index in [1.165, 1.54) is 31.8 Å². The number of benzene rings is 1. The van der Waals surface area contributed by atoms with Gasteiger partial charge in [0.2, 0.25) is 5.88 Å². The second kappa shape index (κ2) is 7.81. The smallest absolute Gasteiger partial charge is 0.271 e. The largest absolute Gasteiger partial charge is 0.507 e. The van der Waals surface area contributed by atoms with Gasteiger partial charge in [-0.1, -0.05) is 6.42 Å². The number of furan rings is 1. The molecule has 1 aliphatic carbocycles. The minimum atomic E-state index is -0.368. The predicted octanol–water partition coefficient (Wildman–Crippen LogP) is 2.75. The first-order chi connectivity index (χ1) is 15.5. The van der Waals surface area contributed by atoms with Gasteiger partial charge in [0.1, 0.15) is 17.0 Å². The van der Waals surface area contributed by atoms with Crippen LogP contribution in [0.4, 0.5) is 0 Å². The van der Waals surface area contributed by atoms with Crippen LogP contribution in [0.2, 0.25) is 0 Å². The van der Waals surface area contributed by atoms with E-state index in [-0.39, 0.29) is 40.6 Å². The zero-order valence-electron chi connectivity index (χ0n) is 17.7. The summed E-state index contributed by atoms with van der Waals surface area (Å²) in [5, 5.41) is 13.8. The number of hydrogen-bond donors (Lipinski definition) is 2. The molecule has 0 radical (unpaired) electrons. The van der Waals surface area contributed by atoms with Gasteiger partial charge in [-0.05, 0) is 42.9 Å². The number of nitrogens with zero attached hydrogens (tertiary/aromatic N) is 3. The Hall–Kier alpha value is -3.62. The van der Waals surface area contributed by atoms with Crippen LogP contribution in [0.3, 0.4) is 0 Å². The molecule has 1 aliphatic heterocycles. The molecule has 1 unspecified atom stereocenters. The van der Waals surface area contributed by atoms with Crippen LogP contribution in [-0.2, 0) is 0 Å². The van der Waals surface area contributed by atoms with Gasteiger partial charge in [0, 0.05) is 24.7 Å². The number of carbonyl (C=O) groups is 2. The molecule has 2 aliphatic rings. The van der Waals surface area contributed by atoms with Gasteiger partial charge in [0.25, 0.3) is 11.8 Å². The fourth-order valence-electron chi connectivity index (χ4n) is 4.82. The number of rotatable bonds is 5. The van der Waals surface area contributed by atoms with E-state index >= 15 is 0 Å². The van der Waals surface area contributed by atoms with E-state index in [9.17, 15) is 14.7 Å². The van der Waals surface area contributed by atoms with E-state index in [1.807, 2.05) is 4.90 Å². The quantitative estimate of drug-likeness (QED) is 0.631. The second-order valence-electron chi connectivity index (χ2n) is 8.63. The van der Waals surface area contributed by atoms with Gasteiger partial charge >= 0.3 is 0 Å². The number of phenols is 1. The average Bonchev–Trinajstić information content (AvgIpc) is 3.42. The molecule has 2 aromatic heterocycles. The van der Waals surface area contributed by atoms with Crippen molar-refractivity contribution >= 4 is 22.8 Å². The lowest BCUT2D eigenvalue weighted by atomic mass is 9.67. The lowest BCUT2D eigenvalue weighted by molar-refractivity contribution is 0.0685. The molecule has 5 rings (SSSR count). The van der Waals surface area contributed by atoms with Crippen LogP contribution in [0.15, 0.2) is 41.3 Å². The standard InChI is InChI=1S/C23H24N4O5/c1-31-20-12-24-11-17(26-20)21(29)25-10-15-9-23(4-2-5-23)13-27(15)22(30)14-7-18(28)16-3-6-32-19(16)8-14/h3,6-8,11-12,15,28H,2,4-5,9-10,13H2,1H3,(H,25,29). The number of methoxy groups -OCH3 is 1. The van der Waals surface area contributed by atoms with Gasteiger partial charge in [0.15, 0.2) is 0 Å². The molecule has 2 amide bonds. The molecule has 3 heterocycles. The van der Waals surface area contributed by atoms with Crippen molar-refractivity contribution in [2.75, 3.05) is 20.2 Å². The summed E-state index contributed by atoms with van der Waals surface area (Å²) >= 11 is 0. The molecule has 0 bridgehead atoms. The number of amides is 2. The second-order valence-corrected chi connectivity index (χ2v) is 8.63. The fraction of sp³-hybridized carbons (Fsp3) is 0.391. The minimum absolute atomic E-state index is 0.0126. The third kappa shape index (κ3) is 3.53. The Morgan fingerprint density at radius 2 is 2.19 bits per heavy atom. The van der Waals surface area contributed by atoms with E-state index in [0.717, 1.165) is 25.7 Å². The molecule has 9 nitrogen and oxygen atoms in total. The molecule has 1 aromatic carbocycles. The summed E-state index contributed by atoms with van der Waals surface area (Å²) in [6.07, 6.45) is 8.43. The maximum atomic E-state index is 13.4. The normalized spacial score (nSPS) is 19.2. The van der Waals surface area contributed by atoms with Crippen molar-refractivity contribution in [1.82, 2.24) is 20.2 Å². The summed E-state index contributed by atoms with van der Waals surface area (Å²) in [7, 11) is 1.46. The van der Waals surface area contributed by atoms with Crippen LogP contribution < -0.4 is 10.1 Å². The van der Waals surface area contributed by atoms with Crippen molar-refractivity contribution in [2.45, 2.75) is 31.7 Å². The maximum absolute atomic E-state index is 13.4. The van der Waals surface area contributed by atoms with Gasteiger partial charge in [0.05, 0.1) is 31.2 Å². The summed E-state index contributed by atoms with van der Waals surface area (Å²) in [4.78, 5) is 35.9. The Kier molecular flexibility index (Phi) is 4.96. The third-order valence-electron chi connectivity index (χ3n) is 6.64. The number of fused-ring (bicyclic) bond motifs is 1. The monoisotopic (exact) mass is 436 g/mol. The molecule has 3 aromatic rings. The first kappa shape index (κ1) is 20.3. The molecule has 9 heteroatoms. The van der Waals surface area contributed by atoms with Gasteiger partial charge < -0.3 is 24.5 Å². The molecular formula is C23H24N4O5.